The maximum atomic E-state index is 6.10. The van der Waals surface area contributed by atoms with Crippen LogP contribution in [0, 0.1) is 6.92 Å². The van der Waals surface area contributed by atoms with Crippen LogP contribution in [0.5, 0.6) is 5.75 Å². The van der Waals surface area contributed by atoms with Crippen LogP contribution in [0.15, 0.2) is 54.6 Å². The second kappa shape index (κ2) is 7.82. The highest BCUT2D eigenvalue weighted by Gasteiger charge is 2.05. The molecule has 0 amide bonds. The average molecular weight is 278 g/mol. The summed E-state index contributed by atoms with van der Waals surface area (Å²) in [4.78, 5) is 0. The summed E-state index contributed by atoms with van der Waals surface area (Å²) in [5.74, 6) is 0.904. The van der Waals surface area contributed by atoms with Gasteiger partial charge >= 0.3 is 0 Å². The molecule has 0 aliphatic carbocycles. The Hall–Kier alpha value is -1.51. The molecule has 0 aliphatic heterocycles. The number of hydrogen-bond donors (Lipinski definition) is 1. The van der Waals surface area contributed by atoms with Crippen molar-refractivity contribution < 1.29 is 4.74 Å². The lowest BCUT2D eigenvalue weighted by atomic mass is 10.1. The van der Waals surface area contributed by atoms with Crippen LogP contribution < -0.4 is 10.5 Å². The van der Waals surface area contributed by atoms with E-state index in [2.05, 4.69) is 19.1 Å². The van der Waals surface area contributed by atoms with Crippen molar-refractivity contribution in [1.29, 1.82) is 0 Å². The van der Waals surface area contributed by atoms with Crippen molar-refractivity contribution in [3.8, 4) is 5.75 Å². The van der Waals surface area contributed by atoms with Gasteiger partial charge in [-0.25, -0.2) is 0 Å². The SMILES string of the molecule is Cc1ccc(OCCC(N)c2ccccc2)cc1.Cl. The average Bonchev–Trinajstić information content (AvgIpc) is 2.42. The number of hydrogen-bond acceptors (Lipinski definition) is 2. The van der Waals surface area contributed by atoms with E-state index < -0.39 is 0 Å². The fraction of sp³-hybridized carbons (Fsp3) is 0.250. The van der Waals surface area contributed by atoms with Crippen molar-refractivity contribution in [3.05, 3.63) is 65.7 Å². The molecule has 2 aromatic rings. The number of rotatable bonds is 5. The lowest BCUT2D eigenvalue weighted by molar-refractivity contribution is 0.298. The van der Waals surface area contributed by atoms with Crippen LogP contribution in [0.1, 0.15) is 23.6 Å². The standard InChI is InChI=1S/C16H19NO.ClH/c1-13-7-9-15(10-8-13)18-12-11-16(17)14-5-3-2-4-6-14;/h2-10,16H,11-12,17H2,1H3;1H. The quantitative estimate of drug-likeness (QED) is 0.900. The summed E-state index contributed by atoms with van der Waals surface area (Å²) >= 11 is 0. The first-order chi connectivity index (χ1) is 8.75. The first kappa shape index (κ1) is 15.5. The summed E-state index contributed by atoms with van der Waals surface area (Å²) in [5, 5.41) is 0. The molecule has 0 radical (unpaired) electrons. The first-order valence-corrected chi connectivity index (χ1v) is 6.26. The first-order valence-electron chi connectivity index (χ1n) is 6.26. The van der Waals surface area contributed by atoms with Crippen molar-refractivity contribution in [2.45, 2.75) is 19.4 Å². The molecule has 0 fully saturated rings. The van der Waals surface area contributed by atoms with Crippen LogP contribution in [-0.2, 0) is 0 Å². The highest BCUT2D eigenvalue weighted by atomic mass is 35.5. The zero-order chi connectivity index (χ0) is 12.8. The normalized spacial score (nSPS) is 11.5. The Kier molecular flexibility index (Phi) is 6.40. The molecule has 19 heavy (non-hydrogen) atoms. The molecule has 0 spiro atoms. The molecule has 0 aromatic heterocycles. The third-order valence-corrected chi connectivity index (χ3v) is 2.95. The zero-order valence-electron chi connectivity index (χ0n) is 11.1. The molecule has 1 atom stereocenters. The summed E-state index contributed by atoms with van der Waals surface area (Å²) in [5.41, 5.74) is 8.50. The van der Waals surface area contributed by atoms with Gasteiger partial charge in [0.2, 0.25) is 0 Å². The predicted octanol–water partition coefficient (Wildman–Crippen LogP) is 3.89. The van der Waals surface area contributed by atoms with Gasteiger partial charge in [0.05, 0.1) is 6.61 Å². The minimum Gasteiger partial charge on any atom is -0.494 e. The molecule has 2 N–H and O–H groups in total. The fourth-order valence-corrected chi connectivity index (χ4v) is 1.81. The van der Waals surface area contributed by atoms with Gasteiger partial charge < -0.3 is 10.5 Å². The summed E-state index contributed by atoms with van der Waals surface area (Å²) < 4.78 is 5.67. The molecule has 1 unspecified atom stereocenters. The maximum absolute atomic E-state index is 6.10. The number of nitrogens with two attached hydrogens (primary N) is 1. The van der Waals surface area contributed by atoms with E-state index in [1.54, 1.807) is 0 Å². The molecule has 2 nitrogen and oxygen atoms in total. The van der Waals surface area contributed by atoms with Crippen LogP contribution in [0.25, 0.3) is 0 Å². The Labute approximate surface area is 121 Å². The molecule has 2 aromatic carbocycles. The molecule has 0 heterocycles. The van der Waals surface area contributed by atoms with Gasteiger partial charge in [-0.1, -0.05) is 48.0 Å². The smallest absolute Gasteiger partial charge is 0.119 e. The van der Waals surface area contributed by atoms with Gasteiger partial charge in [-0.2, -0.15) is 0 Å². The lowest BCUT2D eigenvalue weighted by Crippen LogP contribution is -2.14. The highest BCUT2D eigenvalue weighted by molar-refractivity contribution is 5.85. The van der Waals surface area contributed by atoms with Gasteiger partial charge in [0.1, 0.15) is 5.75 Å². The molecule has 0 bridgehead atoms. The summed E-state index contributed by atoms with van der Waals surface area (Å²) in [6, 6.07) is 18.2. The van der Waals surface area contributed by atoms with Crippen LogP contribution in [0.3, 0.4) is 0 Å². The van der Waals surface area contributed by atoms with E-state index in [4.69, 9.17) is 10.5 Å². The van der Waals surface area contributed by atoms with E-state index in [9.17, 15) is 0 Å². The number of benzene rings is 2. The van der Waals surface area contributed by atoms with Crippen molar-refractivity contribution in [2.24, 2.45) is 5.73 Å². The Morgan fingerprint density at radius 1 is 1.00 bits per heavy atom. The summed E-state index contributed by atoms with van der Waals surface area (Å²) in [6.45, 7) is 2.70. The zero-order valence-corrected chi connectivity index (χ0v) is 11.9. The monoisotopic (exact) mass is 277 g/mol. The Balaban J connectivity index is 0.00000180. The number of aryl methyl sites for hydroxylation is 1. The van der Waals surface area contributed by atoms with Gasteiger partial charge in [0.25, 0.3) is 0 Å². The third kappa shape index (κ3) is 4.93. The van der Waals surface area contributed by atoms with Gasteiger partial charge in [-0.15, -0.1) is 12.4 Å². The molecule has 102 valence electrons. The van der Waals surface area contributed by atoms with Gasteiger partial charge in [0, 0.05) is 12.5 Å². The van der Waals surface area contributed by atoms with E-state index in [0.717, 1.165) is 17.7 Å². The van der Waals surface area contributed by atoms with E-state index in [-0.39, 0.29) is 18.4 Å². The molecule has 0 saturated carbocycles. The van der Waals surface area contributed by atoms with E-state index in [1.807, 2.05) is 42.5 Å². The summed E-state index contributed by atoms with van der Waals surface area (Å²) in [7, 11) is 0. The Bertz CT molecular complexity index is 470. The Morgan fingerprint density at radius 2 is 1.63 bits per heavy atom. The minimum absolute atomic E-state index is 0. The van der Waals surface area contributed by atoms with Crippen LogP contribution >= 0.6 is 12.4 Å². The van der Waals surface area contributed by atoms with E-state index in [1.165, 1.54) is 5.56 Å². The van der Waals surface area contributed by atoms with Crippen molar-refractivity contribution in [2.75, 3.05) is 6.61 Å². The molecule has 3 heteroatoms. The molecule has 0 saturated heterocycles. The molecule has 2 rings (SSSR count). The van der Waals surface area contributed by atoms with Gasteiger partial charge in [-0.3, -0.25) is 0 Å². The lowest BCUT2D eigenvalue weighted by Gasteiger charge is -2.12. The maximum Gasteiger partial charge on any atom is 0.119 e. The molecular formula is C16H20ClNO. The van der Waals surface area contributed by atoms with Crippen molar-refractivity contribution in [1.82, 2.24) is 0 Å². The van der Waals surface area contributed by atoms with Crippen molar-refractivity contribution in [3.63, 3.8) is 0 Å². The number of halogens is 1. The van der Waals surface area contributed by atoms with Crippen LogP contribution in [0.2, 0.25) is 0 Å². The highest BCUT2D eigenvalue weighted by Crippen LogP contribution is 2.15. The summed E-state index contributed by atoms with van der Waals surface area (Å²) in [6.07, 6.45) is 0.817. The third-order valence-electron chi connectivity index (χ3n) is 2.95. The second-order valence-corrected chi connectivity index (χ2v) is 4.47. The second-order valence-electron chi connectivity index (χ2n) is 4.47. The molecular weight excluding hydrogens is 258 g/mol. The Morgan fingerprint density at radius 3 is 2.26 bits per heavy atom. The largest absolute Gasteiger partial charge is 0.494 e. The van der Waals surface area contributed by atoms with Crippen LogP contribution in [0.4, 0.5) is 0 Å². The topological polar surface area (TPSA) is 35.2 Å². The minimum atomic E-state index is 0. The molecule has 0 aliphatic rings. The van der Waals surface area contributed by atoms with Crippen LogP contribution in [-0.4, -0.2) is 6.61 Å². The van der Waals surface area contributed by atoms with Crippen molar-refractivity contribution >= 4 is 12.4 Å². The van der Waals surface area contributed by atoms with E-state index >= 15 is 0 Å². The predicted molar refractivity (Wildman–Crippen MR) is 81.9 cm³/mol. The fourth-order valence-electron chi connectivity index (χ4n) is 1.81. The number of ether oxygens (including phenoxy) is 1. The van der Waals surface area contributed by atoms with Gasteiger partial charge in [-0.05, 0) is 24.6 Å². The van der Waals surface area contributed by atoms with E-state index in [0.29, 0.717) is 6.61 Å². The van der Waals surface area contributed by atoms with Gasteiger partial charge in [0.15, 0.2) is 0 Å².